The average molecular weight is 258 g/mol. The van der Waals surface area contributed by atoms with Gasteiger partial charge in [-0.05, 0) is 43.6 Å². The van der Waals surface area contributed by atoms with Crippen molar-refractivity contribution in [3.8, 4) is 0 Å². The zero-order chi connectivity index (χ0) is 13.2. The molecule has 4 nitrogen and oxygen atoms in total. The summed E-state index contributed by atoms with van der Waals surface area (Å²) in [6.07, 6.45) is 5.91. The number of hydrogen-bond donors (Lipinski definition) is 2. The minimum absolute atomic E-state index is 0.332. The second-order valence-corrected chi connectivity index (χ2v) is 5.22. The van der Waals surface area contributed by atoms with Crippen LogP contribution in [0.5, 0.6) is 0 Å². The number of H-pyrrole nitrogens is 1. The van der Waals surface area contributed by atoms with Crippen molar-refractivity contribution in [1.82, 2.24) is 9.88 Å². The topological polar surface area (TPSA) is 56.3 Å². The molecule has 0 saturated carbocycles. The van der Waals surface area contributed by atoms with E-state index in [1.165, 1.54) is 37.9 Å². The normalized spacial score (nSPS) is 16.8. The van der Waals surface area contributed by atoms with Crippen molar-refractivity contribution in [2.24, 2.45) is 0 Å². The van der Waals surface area contributed by atoms with Gasteiger partial charge in [0.15, 0.2) is 0 Å². The number of aromatic nitrogens is 1. The number of likely N-dealkylation sites (tertiary alicyclic amines) is 1. The number of carbonyl (C=O) groups is 1. The molecule has 2 N–H and O–H groups in total. The first kappa shape index (κ1) is 12.2. The highest BCUT2D eigenvalue weighted by molar-refractivity contribution is 5.94. The van der Waals surface area contributed by atoms with Gasteiger partial charge in [0.2, 0.25) is 0 Å². The molecule has 1 fully saturated rings. The molecule has 4 heteroatoms. The summed E-state index contributed by atoms with van der Waals surface area (Å²) in [5, 5.41) is 10.1. The van der Waals surface area contributed by atoms with Crippen LogP contribution in [0.1, 0.15) is 35.2 Å². The highest BCUT2D eigenvalue weighted by Crippen LogP contribution is 2.22. The number of aromatic amines is 1. The van der Waals surface area contributed by atoms with Crippen molar-refractivity contribution in [2.45, 2.75) is 25.8 Å². The molecule has 0 unspecified atom stereocenters. The van der Waals surface area contributed by atoms with Crippen molar-refractivity contribution in [1.29, 1.82) is 0 Å². The molecular weight excluding hydrogens is 240 g/mol. The number of rotatable bonds is 3. The second kappa shape index (κ2) is 5.05. The predicted molar refractivity (Wildman–Crippen MR) is 74.4 cm³/mol. The van der Waals surface area contributed by atoms with Gasteiger partial charge >= 0.3 is 5.97 Å². The summed E-state index contributed by atoms with van der Waals surface area (Å²) in [5.74, 6) is -0.880. The van der Waals surface area contributed by atoms with Gasteiger partial charge in [0.1, 0.15) is 0 Å². The van der Waals surface area contributed by atoms with Crippen LogP contribution in [0.15, 0.2) is 24.4 Å². The number of carboxylic acid groups (broad SMARTS) is 1. The van der Waals surface area contributed by atoms with Gasteiger partial charge in [-0.2, -0.15) is 0 Å². The maximum Gasteiger partial charge on any atom is 0.335 e. The lowest BCUT2D eigenvalue weighted by Crippen LogP contribution is -2.28. The minimum Gasteiger partial charge on any atom is -0.478 e. The molecule has 1 saturated heterocycles. The van der Waals surface area contributed by atoms with Crippen molar-refractivity contribution in [2.75, 3.05) is 13.1 Å². The molecule has 0 amide bonds. The lowest BCUT2D eigenvalue weighted by atomic mass is 10.1. The lowest BCUT2D eigenvalue weighted by molar-refractivity contribution is 0.0697. The zero-order valence-corrected chi connectivity index (χ0v) is 10.9. The van der Waals surface area contributed by atoms with Crippen LogP contribution in [0.2, 0.25) is 0 Å². The molecule has 19 heavy (non-hydrogen) atoms. The fourth-order valence-electron chi connectivity index (χ4n) is 2.81. The van der Waals surface area contributed by atoms with Gasteiger partial charge in [-0.1, -0.05) is 12.5 Å². The summed E-state index contributed by atoms with van der Waals surface area (Å²) in [6.45, 7) is 3.28. The molecule has 1 aromatic carbocycles. The van der Waals surface area contributed by atoms with E-state index in [0.29, 0.717) is 5.56 Å². The van der Waals surface area contributed by atoms with Gasteiger partial charge in [-0.3, -0.25) is 4.90 Å². The van der Waals surface area contributed by atoms with Crippen LogP contribution < -0.4 is 0 Å². The first-order valence-electron chi connectivity index (χ1n) is 6.80. The fourth-order valence-corrected chi connectivity index (χ4v) is 2.81. The van der Waals surface area contributed by atoms with E-state index in [1.807, 2.05) is 12.3 Å². The van der Waals surface area contributed by atoms with Gasteiger partial charge in [-0.15, -0.1) is 0 Å². The lowest BCUT2D eigenvalue weighted by Gasteiger charge is -2.26. The highest BCUT2D eigenvalue weighted by Gasteiger charge is 2.13. The van der Waals surface area contributed by atoms with Crippen molar-refractivity contribution in [3.05, 3.63) is 35.5 Å². The number of nitrogens with zero attached hydrogens (tertiary/aromatic N) is 1. The molecule has 3 rings (SSSR count). The Kier molecular flexibility index (Phi) is 3.25. The van der Waals surface area contributed by atoms with E-state index in [0.717, 1.165) is 17.4 Å². The SMILES string of the molecule is O=C(O)c1ccc2c(CN3CCCCC3)c[nH]c2c1. The third-order valence-electron chi connectivity index (χ3n) is 3.86. The van der Waals surface area contributed by atoms with Crippen molar-refractivity contribution < 1.29 is 9.90 Å². The van der Waals surface area contributed by atoms with E-state index < -0.39 is 5.97 Å². The Balaban J connectivity index is 1.86. The van der Waals surface area contributed by atoms with Crippen LogP contribution in [0.3, 0.4) is 0 Å². The molecule has 0 radical (unpaired) electrons. The monoisotopic (exact) mass is 258 g/mol. The third kappa shape index (κ3) is 2.49. The maximum atomic E-state index is 10.9. The summed E-state index contributed by atoms with van der Waals surface area (Å²) < 4.78 is 0. The summed E-state index contributed by atoms with van der Waals surface area (Å²) in [4.78, 5) is 16.6. The number of carboxylic acids is 1. The Morgan fingerprint density at radius 1 is 1.26 bits per heavy atom. The molecule has 100 valence electrons. The minimum atomic E-state index is -0.880. The van der Waals surface area contributed by atoms with Gasteiger partial charge in [0, 0.05) is 23.6 Å². The molecule has 1 aliphatic rings. The largest absolute Gasteiger partial charge is 0.478 e. The van der Waals surface area contributed by atoms with Crippen LogP contribution >= 0.6 is 0 Å². The van der Waals surface area contributed by atoms with E-state index in [2.05, 4.69) is 9.88 Å². The number of benzene rings is 1. The van der Waals surface area contributed by atoms with Crippen LogP contribution in [-0.2, 0) is 6.54 Å². The molecule has 0 bridgehead atoms. The summed E-state index contributed by atoms with van der Waals surface area (Å²) in [6, 6.07) is 5.30. The number of aromatic carboxylic acids is 1. The molecule has 1 aromatic heterocycles. The number of fused-ring (bicyclic) bond motifs is 1. The van der Waals surface area contributed by atoms with Gasteiger partial charge in [0.05, 0.1) is 5.56 Å². The fraction of sp³-hybridized carbons (Fsp3) is 0.400. The molecule has 2 heterocycles. The average Bonchev–Trinajstić information content (AvgIpc) is 2.82. The van der Waals surface area contributed by atoms with E-state index >= 15 is 0 Å². The number of hydrogen-bond acceptors (Lipinski definition) is 2. The summed E-state index contributed by atoms with van der Waals surface area (Å²) in [5.41, 5.74) is 2.50. The Morgan fingerprint density at radius 3 is 2.79 bits per heavy atom. The molecule has 0 spiro atoms. The standard InChI is InChI=1S/C15H18N2O2/c18-15(19)11-4-5-13-12(9-16-14(13)8-11)10-17-6-2-1-3-7-17/h4-5,8-9,16H,1-3,6-7,10H2,(H,18,19). The highest BCUT2D eigenvalue weighted by atomic mass is 16.4. The molecule has 1 aliphatic heterocycles. The Morgan fingerprint density at radius 2 is 2.05 bits per heavy atom. The second-order valence-electron chi connectivity index (χ2n) is 5.22. The third-order valence-corrected chi connectivity index (χ3v) is 3.86. The van der Waals surface area contributed by atoms with Crippen LogP contribution in [0, 0.1) is 0 Å². The summed E-state index contributed by atoms with van der Waals surface area (Å²) >= 11 is 0. The number of nitrogens with one attached hydrogen (secondary N) is 1. The van der Waals surface area contributed by atoms with E-state index in [1.54, 1.807) is 12.1 Å². The molecule has 0 atom stereocenters. The smallest absolute Gasteiger partial charge is 0.335 e. The van der Waals surface area contributed by atoms with Crippen molar-refractivity contribution >= 4 is 16.9 Å². The van der Waals surface area contributed by atoms with E-state index in [-0.39, 0.29) is 0 Å². The Hall–Kier alpha value is -1.81. The molecular formula is C15H18N2O2. The van der Waals surface area contributed by atoms with E-state index in [4.69, 9.17) is 5.11 Å². The van der Waals surface area contributed by atoms with E-state index in [9.17, 15) is 4.79 Å². The van der Waals surface area contributed by atoms with Crippen molar-refractivity contribution in [3.63, 3.8) is 0 Å². The first-order valence-corrected chi connectivity index (χ1v) is 6.80. The van der Waals surface area contributed by atoms with Crippen LogP contribution in [0.4, 0.5) is 0 Å². The zero-order valence-electron chi connectivity index (χ0n) is 10.9. The van der Waals surface area contributed by atoms with Gasteiger partial charge in [0.25, 0.3) is 0 Å². The van der Waals surface area contributed by atoms with Gasteiger partial charge in [-0.25, -0.2) is 4.79 Å². The Bertz CT molecular complexity index is 597. The van der Waals surface area contributed by atoms with Crippen LogP contribution in [-0.4, -0.2) is 34.0 Å². The number of piperidine rings is 1. The maximum absolute atomic E-state index is 10.9. The molecule has 2 aromatic rings. The quantitative estimate of drug-likeness (QED) is 0.890. The van der Waals surface area contributed by atoms with Gasteiger partial charge < -0.3 is 10.1 Å². The molecule has 0 aliphatic carbocycles. The summed E-state index contributed by atoms with van der Waals surface area (Å²) in [7, 11) is 0. The Labute approximate surface area is 112 Å². The first-order chi connectivity index (χ1) is 9.24. The predicted octanol–water partition coefficient (Wildman–Crippen LogP) is 2.85. The van der Waals surface area contributed by atoms with Crippen LogP contribution in [0.25, 0.3) is 10.9 Å².